The van der Waals surface area contributed by atoms with Crippen LogP contribution in [0.25, 0.3) is 11.3 Å². The van der Waals surface area contributed by atoms with E-state index in [1.807, 2.05) is 6.07 Å². The van der Waals surface area contributed by atoms with Gasteiger partial charge in [-0.1, -0.05) is 10.3 Å². The molecule has 0 radical (unpaired) electrons. The van der Waals surface area contributed by atoms with Crippen LogP contribution in [0.2, 0.25) is 0 Å². The second-order valence-corrected chi connectivity index (χ2v) is 6.56. The summed E-state index contributed by atoms with van der Waals surface area (Å²) in [6.45, 7) is 2.89. The number of ether oxygens (including phenoxy) is 2. The lowest BCUT2D eigenvalue weighted by Gasteiger charge is -2.13. The number of likely N-dealkylation sites (tertiary alicyclic amines) is 1. The van der Waals surface area contributed by atoms with Gasteiger partial charge in [-0.2, -0.15) is 4.98 Å². The Morgan fingerprint density at radius 3 is 2.68 bits per heavy atom. The summed E-state index contributed by atoms with van der Waals surface area (Å²) < 4.78 is 21.2. The first-order chi connectivity index (χ1) is 13.6. The number of amides is 1. The largest absolute Gasteiger partial charge is 0.493 e. The number of carbonyl (C=O) groups is 1. The number of nitrogens with zero attached hydrogens (tertiary/aromatic N) is 4. The number of rotatable bonds is 5. The van der Waals surface area contributed by atoms with Gasteiger partial charge in [0.15, 0.2) is 28.8 Å². The van der Waals surface area contributed by atoms with Gasteiger partial charge in [-0.15, -0.1) is 0 Å². The molecular weight excluding hydrogens is 364 g/mol. The van der Waals surface area contributed by atoms with E-state index in [0.29, 0.717) is 42.1 Å². The fraction of sp³-hybridized carbons (Fsp3) is 0.368. The van der Waals surface area contributed by atoms with Gasteiger partial charge in [0.2, 0.25) is 5.89 Å². The molecule has 2 aromatic heterocycles. The normalized spacial score (nSPS) is 16.4. The molecule has 1 aromatic carbocycles. The zero-order valence-electron chi connectivity index (χ0n) is 15.8. The van der Waals surface area contributed by atoms with Crippen molar-refractivity contribution in [3.05, 3.63) is 41.7 Å². The van der Waals surface area contributed by atoms with E-state index in [-0.39, 0.29) is 17.5 Å². The average Bonchev–Trinajstić information content (AvgIpc) is 3.47. The summed E-state index contributed by atoms with van der Waals surface area (Å²) in [5.74, 6) is 2.68. The molecule has 1 fully saturated rings. The lowest BCUT2D eigenvalue weighted by Crippen LogP contribution is -2.28. The van der Waals surface area contributed by atoms with Crippen LogP contribution in [0.15, 0.2) is 33.3 Å². The Balaban J connectivity index is 1.49. The van der Waals surface area contributed by atoms with Crippen molar-refractivity contribution < 1.29 is 23.3 Å². The third-order valence-corrected chi connectivity index (χ3v) is 4.77. The van der Waals surface area contributed by atoms with Gasteiger partial charge in [-0.3, -0.25) is 4.79 Å². The molecule has 1 aliphatic rings. The van der Waals surface area contributed by atoms with E-state index in [1.165, 1.54) is 0 Å². The molecule has 3 aromatic rings. The van der Waals surface area contributed by atoms with E-state index < -0.39 is 0 Å². The molecule has 4 rings (SSSR count). The molecule has 9 heteroatoms. The SMILES string of the molecule is COc1ccc(-c2cc(C(=O)N3CCC(c4nc(C)no4)C3)no2)cc1OC. The zero-order valence-corrected chi connectivity index (χ0v) is 15.8. The van der Waals surface area contributed by atoms with Crippen LogP contribution in [-0.4, -0.2) is 53.4 Å². The second-order valence-electron chi connectivity index (χ2n) is 6.56. The van der Waals surface area contributed by atoms with E-state index in [0.717, 1.165) is 12.0 Å². The Morgan fingerprint density at radius 2 is 1.96 bits per heavy atom. The van der Waals surface area contributed by atoms with E-state index in [4.69, 9.17) is 18.5 Å². The van der Waals surface area contributed by atoms with Gasteiger partial charge >= 0.3 is 0 Å². The maximum absolute atomic E-state index is 12.8. The molecule has 0 saturated carbocycles. The second kappa shape index (κ2) is 7.34. The van der Waals surface area contributed by atoms with Crippen molar-refractivity contribution in [1.82, 2.24) is 20.2 Å². The van der Waals surface area contributed by atoms with Crippen molar-refractivity contribution in [2.24, 2.45) is 0 Å². The van der Waals surface area contributed by atoms with Crippen LogP contribution in [0.3, 0.4) is 0 Å². The highest BCUT2D eigenvalue weighted by atomic mass is 16.5. The summed E-state index contributed by atoms with van der Waals surface area (Å²) in [5.41, 5.74) is 0.997. The van der Waals surface area contributed by atoms with Crippen molar-refractivity contribution >= 4 is 5.91 Å². The number of benzene rings is 1. The number of hydrogen-bond acceptors (Lipinski definition) is 8. The first kappa shape index (κ1) is 18.0. The van der Waals surface area contributed by atoms with Gasteiger partial charge in [0, 0.05) is 24.7 Å². The van der Waals surface area contributed by atoms with Crippen LogP contribution < -0.4 is 9.47 Å². The van der Waals surface area contributed by atoms with Gasteiger partial charge < -0.3 is 23.4 Å². The highest BCUT2D eigenvalue weighted by Crippen LogP contribution is 2.33. The Labute approximate surface area is 161 Å². The maximum atomic E-state index is 12.8. The molecule has 0 aliphatic carbocycles. The molecular formula is C19H20N4O5. The smallest absolute Gasteiger partial charge is 0.276 e. The summed E-state index contributed by atoms with van der Waals surface area (Å²) in [7, 11) is 3.13. The minimum absolute atomic E-state index is 0.0439. The molecule has 1 saturated heterocycles. The summed E-state index contributed by atoms with van der Waals surface area (Å²) in [6.07, 6.45) is 0.772. The first-order valence-corrected chi connectivity index (χ1v) is 8.87. The molecule has 1 amide bonds. The fourth-order valence-corrected chi connectivity index (χ4v) is 3.29. The summed E-state index contributed by atoms with van der Waals surface area (Å²) in [6, 6.07) is 7.00. The Hall–Kier alpha value is -3.36. The van der Waals surface area contributed by atoms with Crippen LogP contribution in [0.4, 0.5) is 0 Å². The predicted molar refractivity (Wildman–Crippen MR) is 97.3 cm³/mol. The third-order valence-electron chi connectivity index (χ3n) is 4.77. The van der Waals surface area contributed by atoms with Gasteiger partial charge in [0.25, 0.3) is 5.91 Å². The minimum Gasteiger partial charge on any atom is -0.493 e. The van der Waals surface area contributed by atoms with Gasteiger partial charge in [0.05, 0.1) is 20.1 Å². The predicted octanol–water partition coefficient (Wildman–Crippen LogP) is 2.68. The van der Waals surface area contributed by atoms with Crippen LogP contribution in [-0.2, 0) is 0 Å². The number of methoxy groups -OCH3 is 2. The topological polar surface area (TPSA) is 104 Å². The number of aromatic nitrogens is 3. The van der Waals surface area contributed by atoms with Crippen LogP contribution in [0.5, 0.6) is 11.5 Å². The fourth-order valence-electron chi connectivity index (χ4n) is 3.29. The Morgan fingerprint density at radius 1 is 1.14 bits per heavy atom. The Bertz CT molecular complexity index is 996. The molecule has 1 atom stereocenters. The minimum atomic E-state index is -0.186. The van der Waals surface area contributed by atoms with Crippen molar-refractivity contribution in [1.29, 1.82) is 0 Å². The number of hydrogen-bond donors (Lipinski definition) is 0. The van der Waals surface area contributed by atoms with E-state index in [1.54, 1.807) is 44.2 Å². The van der Waals surface area contributed by atoms with Crippen LogP contribution in [0.1, 0.15) is 34.5 Å². The molecule has 28 heavy (non-hydrogen) atoms. The van der Waals surface area contributed by atoms with Crippen LogP contribution in [0, 0.1) is 6.92 Å². The first-order valence-electron chi connectivity index (χ1n) is 8.87. The molecule has 0 spiro atoms. The molecule has 3 heterocycles. The molecule has 0 bridgehead atoms. The highest BCUT2D eigenvalue weighted by molar-refractivity contribution is 5.93. The zero-order chi connectivity index (χ0) is 19.7. The third kappa shape index (κ3) is 3.30. The lowest BCUT2D eigenvalue weighted by molar-refractivity contribution is 0.0779. The van der Waals surface area contributed by atoms with Crippen LogP contribution >= 0.6 is 0 Å². The summed E-state index contributed by atoms with van der Waals surface area (Å²) >= 11 is 0. The Kier molecular flexibility index (Phi) is 4.72. The van der Waals surface area contributed by atoms with E-state index in [9.17, 15) is 4.79 Å². The standard InChI is InChI=1S/C19H20N4O5/c1-11-20-18(28-21-11)13-6-7-23(10-13)19(24)14-9-16(27-22-14)12-4-5-15(25-2)17(8-12)26-3/h4-5,8-9,13H,6-7,10H2,1-3H3. The lowest BCUT2D eigenvalue weighted by atomic mass is 10.1. The highest BCUT2D eigenvalue weighted by Gasteiger charge is 2.32. The van der Waals surface area contributed by atoms with Crippen molar-refractivity contribution in [2.45, 2.75) is 19.3 Å². The number of aryl methyl sites for hydroxylation is 1. The molecule has 1 unspecified atom stereocenters. The molecule has 1 aliphatic heterocycles. The van der Waals surface area contributed by atoms with E-state index >= 15 is 0 Å². The quantitative estimate of drug-likeness (QED) is 0.661. The molecule has 9 nitrogen and oxygen atoms in total. The summed E-state index contributed by atoms with van der Waals surface area (Å²) in [5, 5.41) is 7.76. The van der Waals surface area contributed by atoms with Crippen molar-refractivity contribution in [2.75, 3.05) is 27.3 Å². The van der Waals surface area contributed by atoms with Gasteiger partial charge in [0.1, 0.15) is 0 Å². The van der Waals surface area contributed by atoms with Crippen molar-refractivity contribution in [3.63, 3.8) is 0 Å². The van der Waals surface area contributed by atoms with E-state index in [2.05, 4.69) is 15.3 Å². The monoisotopic (exact) mass is 384 g/mol. The maximum Gasteiger partial charge on any atom is 0.276 e. The van der Waals surface area contributed by atoms with Crippen molar-refractivity contribution in [3.8, 4) is 22.8 Å². The molecule has 0 N–H and O–H groups in total. The van der Waals surface area contributed by atoms with Gasteiger partial charge in [-0.25, -0.2) is 0 Å². The number of carbonyl (C=O) groups excluding carboxylic acids is 1. The average molecular weight is 384 g/mol. The summed E-state index contributed by atoms with van der Waals surface area (Å²) in [4.78, 5) is 18.8. The van der Waals surface area contributed by atoms with Gasteiger partial charge in [-0.05, 0) is 31.5 Å². The molecule has 146 valence electrons.